The van der Waals surface area contributed by atoms with Crippen LogP contribution in [-0.4, -0.2) is 31.1 Å². The van der Waals surface area contributed by atoms with E-state index in [9.17, 15) is 8.42 Å². The second-order valence-corrected chi connectivity index (χ2v) is 7.73. The molecular formula is C11H14O3S3. The first-order chi connectivity index (χ1) is 8.08. The van der Waals surface area contributed by atoms with E-state index >= 15 is 0 Å². The number of hydrogen-bond acceptors (Lipinski definition) is 5. The standard InChI is InChI=1S/C11H14O3S3/c1-9-2-4-10(5-3-9)17(12,13)14-11-8-15-6-7-16-11/h2-5,11H,6-8H2,1H3. The summed E-state index contributed by atoms with van der Waals surface area (Å²) >= 11 is 3.30. The lowest BCUT2D eigenvalue weighted by molar-refractivity contribution is 0.312. The minimum absolute atomic E-state index is 0.235. The van der Waals surface area contributed by atoms with Crippen molar-refractivity contribution in [2.75, 3.05) is 17.3 Å². The minimum atomic E-state index is -3.61. The quantitative estimate of drug-likeness (QED) is 0.800. The molecule has 17 heavy (non-hydrogen) atoms. The Bertz CT molecular complexity index is 461. The van der Waals surface area contributed by atoms with E-state index in [1.807, 2.05) is 6.92 Å². The lowest BCUT2D eigenvalue weighted by Gasteiger charge is -2.20. The molecule has 0 amide bonds. The van der Waals surface area contributed by atoms with Gasteiger partial charge in [-0.15, -0.1) is 11.8 Å². The van der Waals surface area contributed by atoms with Gasteiger partial charge in [0, 0.05) is 17.3 Å². The highest BCUT2D eigenvalue weighted by Gasteiger charge is 2.24. The van der Waals surface area contributed by atoms with E-state index in [1.165, 1.54) is 0 Å². The lowest BCUT2D eigenvalue weighted by Crippen LogP contribution is -2.21. The normalized spacial score (nSPS) is 21.4. The van der Waals surface area contributed by atoms with Gasteiger partial charge in [-0.3, -0.25) is 4.18 Å². The molecule has 1 unspecified atom stereocenters. The summed E-state index contributed by atoms with van der Waals surface area (Å²) in [5.41, 5.74) is 0.784. The van der Waals surface area contributed by atoms with E-state index in [2.05, 4.69) is 0 Å². The predicted molar refractivity (Wildman–Crippen MR) is 73.0 cm³/mol. The van der Waals surface area contributed by atoms with E-state index < -0.39 is 10.1 Å². The van der Waals surface area contributed by atoms with E-state index in [0.29, 0.717) is 0 Å². The summed E-state index contributed by atoms with van der Waals surface area (Å²) in [6, 6.07) is 6.73. The third-order valence-electron chi connectivity index (χ3n) is 2.33. The number of aryl methyl sites for hydroxylation is 1. The summed E-state index contributed by atoms with van der Waals surface area (Å²) in [6.07, 6.45) is 0. The van der Waals surface area contributed by atoms with Crippen LogP contribution in [0.5, 0.6) is 0 Å². The Morgan fingerprint density at radius 3 is 2.53 bits per heavy atom. The zero-order valence-corrected chi connectivity index (χ0v) is 11.9. The monoisotopic (exact) mass is 290 g/mol. The van der Waals surface area contributed by atoms with Gasteiger partial charge in [-0.1, -0.05) is 17.7 Å². The summed E-state index contributed by atoms with van der Waals surface area (Å²) in [5.74, 6) is 2.74. The highest BCUT2D eigenvalue weighted by molar-refractivity contribution is 8.06. The van der Waals surface area contributed by atoms with E-state index in [0.717, 1.165) is 22.8 Å². The van der Waals surface area contributed by atoms with Gasteiger partial charge in [-0.25, -0.2) is 0 Å². The van der Waals surface area contributed by atoms with Crippen LogP contribution in [0.1, 0.15) is 5.56 Å². The van der Waals surface area contributed by atoms with Crippen molar-refractivity contribution in [2.45, 2.75) is 17.3 Å². The minimum Gasteiger partial charge on any atom is -0.251 e. The maximum Gasteiger partial charge on any atom is 0.298 e. The highest BCUT2D eigenvalue weighted by Crippen LogP contribution is 2.28. The smallest absolute Gasteiger partial charge is 0.251 e. The molecule has 1 saturated heterocycles. The second-order valence-electron chi connectivity index (χ2n) is 3.74. The Labute approximate surface area is 110 Å². The van der Waals surface area contributed by atoms with Crippen LogP contribution >= 0.6 is 23.5 Å². The summed E-state index contributed by atoms with van der Waals surface area (Å²) in [4.78, 5) is 0.235. The van der Waals surface area contributed by atoms with Crippen molar-refractivity contribution in [1.82, 2.24) is 0 Å². The van der Waals surface area contributed by atoms with Crippen molar-refractivity contribution in [2.24, 2.45) is 0 Å². The summed E-state index contributed by atoms with van der Waals surface area (Å²) in [7, 11) is -3.61. The van der Waals surface area contributed by atoms with E-state index in [1.54, 1.807) is 47.8 Å². The van der Waals surface area contributed by atoms with Crippen molar-refractivity contribution >= 4 is 33.6 Å². The largest absolute Gasteiger partial charge is 0.298 e. The highest BCUT2D eigenvalue weighted by atomic mass is 32.2. The molecule has 3 nitrogen and oxygen atoms in total. The Balaban J connectivity index is 2.10. The average Bonchev–Trinajstić information content (AvgIpc) is 2.30. The number of rotatable bonds is 3. The van der Waals surface area contributed by atoms with Crippen LogP contribution in [0, 0.1) is 6.92 Å². The number of thioether (sulfide) groups is 2. The molecule has 0 N–H and O–H groups in total. The molecule has 1 aromatic carbocycles. The Morgan fingerprint density at radius 2 is 1.94 bits per heavy atom. The maximum atomic E-state index is 12.0. The van der Waals surface area contributed by atoms with Crippen molar-refractivity contribution in [1.29, 1.82) is 0 Å². The van der Waals surface area contributed by atoms with Crippen LogP contribution in [0.4, 0.5) is 0 Å². The molecule has 1 fully saturated rings. The molecule has 0 aromatic heterocycles. The molecule has 0 aliphatic carbocycles. The van der Waals surface area contributed by atoms with Crippen LogP contribution in [0.3, 0.4) is 0 Å². The molecule has 0 spiro atoms. The topological polar surface area (TPSA) is 43.4 Å². The van der Waals surface area contributed by atoms with Crippen molar-refractivity contribution in [3.63, 3.8) is 0 Å². The Kier molecular flexibility index (Phi) is 4.41. The van der Waals surface area contributed by atoms with Crippen LogP contribution in [0.2, 0.25) is 0 Å². The van der Waals surface area contributed by atoms with Gasteiger partial charge in [0.1, 0.15) is 5.44 Å². The van der Waals surface area contributed by atoms with Gasteiger partial charge < -0.3 is 0 Å². The first-order valence-electron chi connectivity index (χ1n) is 5.27. The molecule has 1 heterocycles. The molecule has 0 radical (unpaired) electrons. The van der Waals surface area contributed by atoms with Crippen molar-refractivity contribution in [3.05, 3.63) is 29.8 Å². The molecule has 1 aliphatic heterocycles. The van der Waals surface area contributed by atoms with Gasteiger partial charge in [-0.05, 0) is 19.1 Å². The summed E-state index contributed by atoms with van der Waals surface area (Å²) in [5, 5.41) is 0. The fourth-order valence-corrected chi connectivity index (χ4v) is 5.19. The van der Waals surface area contributed by atoms with E-state index in [4.69, 9.17) is 4.18 Å². The first kappa shape index (κ1) is 13.3. The zero-order valence-electron chi connectivity index (χ0n) is 9.46. The zero-order chi connectivity index (χ0) is 12.3. The molecular weight excluding hydrogens is 276 g/mol. The summed E-state index contributed by atoms with van der Waals surface area (Å²) in [6.45, 7) is 1.92. The Hall–Kier alpha value is -0.170. The van der Waals surface area contributed by atoms with Crippen LogP contribution in [0.15, 0.2) is 29.2 Å². The second kappa shape index (κ2) is 5.65. The molecule has 0 bridgehead atoms. The van der Waals surface area contributed by atoms with Gasteiger partial charge in [0.2, 0.25) is 0 Å². The lowest BCUT2D eigenvalue weighted by atomic mass is 10.2. The number of hydrogen-bond donors (Lipinski definition) is 0. The molecule has 94 valence electrons. The van der Waals surface area contributed by atoms with Gasteiger partial charge in [0.25, 0.3) is 10.1 Å². The van der Waals surface area contributed by atoms with Crippen molar-refractivity contribution < 1.29 is 12.6 Å². The molecule has 1 aromatic rings. The molecule has 1 aliphatic rings. The SMILES string of the molecule is Cc1ccc(S(=O)(=O)OC2CSCCS2)cc1. The van der Waals surface area contributed by atoms with Crippen molar-refractivity contribution in [3.8, 4) is 0 Å². The average molecular weight is 290 g/mol. The van der Waals surface area contributed by atoms with Gasteiger partial charge in [0.05, 0.1) is 4.90 Å². The molecule has 6 heteroatoms. The van der Waals surface area contributed by atoms with Gasteiger partial charge in [0.15, 0.2) is 0 Å². The third kappa shape index (κ3) is 3.64. The van der Waals surface area contributed by atoms with Crippen LogP contribution in [0.25, 0.3) is 0 Å². The van der Waals surface area contributed by atoms with Gasteiger partial charge >= 0.3 is 0 Å². The van der Waals surface area contributed by atoms with Crippen LogP contribution in [-0.2, 0) is 14.3 Å². The maximum absolute atomic E-state index is 12.0. The summed E-state index contributed by atoms with van der Waals surface area (Å²) < 4.78 is 29.2. The Morgan fingerprint density at radius 1 is 1.24 bits per heavy atom. The fourth-order valence-electron chi connectivity index (χ4n) is 1.42. The predicted octanol–water partition coefficient (Wildman–Crippen LogP) is 2.51. The molecule has 0 saturated carbocycles. The number of benzene rings is 1. The van der Waals surface area contributed by atoms with Crippen LogP contribution < -0.4 is 0 Å². The third-order valence-corrected chi connectivity index (χ3v) is 6.36. The first-order valence-corrected chi connectivity index (χ1v) is 8.88. The van der Waals surface area contributed by atoms with E-state index in [-0.39, 0.29) is 10.3 Å². The fraction of sp³-hybridized carbons (Fsp3) is 0.455. The van der Waals surface area contributed by atoms with Gasteiger partial charge in [-0.2, -0.15) is 20.2 Å². The molecule has 2 rings (SSSR count). The molecule has 1 atom stereocenters.